The topological polar surface area (TPSA) is 81.1 Å². The van der Waals surface area contributed by atoms with E-state index >= 15 is 0 Å². The molecule has 9 heteroatoms. The Bertz CT molecular complexity index is 1260. The fraction of sp³-hybridized carbons (Fsp3) is 0.160. The van der Waals surface area contributed by atoms with Crippen molar-refractivity contribution in [1.29, 1.82) is 0 Å². The molecule has 4 aromatic rings. The molecule has 2 N–H and O–H groups in total. The number of aryl methyl sites for hydroxylation is 1. The minimum atomic E-state index is -0.125. The van der Waals surface area contributed by atoms with Crippen LogP contribution in [-0.2, 0) is 11.3 Å². The lowest BCUT2D eigenvalue weighted by atomic mass is 10.2. The molecule has 0 saturated carbocycles. The predicted molar refractivity (Wildman–Crippen MR) is 140 cm³/mol. The van der Waals surface area contributed by atoms with Crippen molar-refractivity contribution in [3.63, 3.8) is 0 Å². The first-order valence-electron chi connectivity index (χ1n) is 10.6. The molecule has 0 bridgehead atoms. The van der Waals surface area contributed by atoms with E-state index in [-0.39, 0.29) is 11.7 Å². The fourth-order valence-electron chi connectivity index (χ4n) is 3.23. The normalized spacial score (nSPS) is 10.7. The molecule has 0 saturated heterocycles. The third kappa shape index (κ3) is 5.98. The van der Waals surface area contributed by atoms with Gasteiger partial charge in [0, 0.05) is 15.8 Å². The minimum absolute atomic E-state index is 0.125. The van der Waals surface area contributed by atoms with E-state index in [0.29, 0.717) is 11.7 Å². The lowest BCUT2D eigenvalue weighted by molar-refractivity contribution is -0.113. The molecule has 0 spiro atoms. The van der Waals surface area contributed by atoms with E-state index in [9.17, 15) is 4.79 Å². The molecular formula is C25H24BrN5O2S. The molecule has 7 nitrogen and oxygen atoms in total. The highest BCUT2D eigenvalue weighted by atomic mass is 79.9. The molecule has 1 amide bonds. The van der Waals surface area contributed by atoms with E-state index in [1.807, 2.05) is 65.2 Å². The van der Waals surface area contributed by atoms with Crippen molar-refractivity contribution in [2.24, 2.45) is 0 Å². The van der Waals surface area contributed by atoms with Crippen LogP contribution in [0.25, 0.3) is 5.69 Å². The highest BCUT2D eigenvalue weighted by Gasteiger charge is 2.16. The molecule has 0 aliphatic carbocycles. The molecule has 1 heterocycles. The summed E-state index contributed by atoms with van der Waals surface area (Å²) in [4.78, 5) is 12.6. The van der Waals surface area contributed by atoms with Crippen LogP contribution in [-0.4, -0.2) is 33.5 Å². The number of thioether (sulfide) groups is 1. The Labute approximate surface area is 211 Å². The van der Waals surface area contributed by atoms with Gasteiger partial charge in [0.2, 0.25) is 5.91 Å². The molecule has 3 aromatic carbocycles. The molecule has 0 atom stereocenters. The van der Waals surface area contributed by atoms with Gasteiger partial charge in [-0.2, -0.15) is 0 Å². The summed E-state index contributed by atoms with van der Waals surface area (Å²) in [5.41, 5.74) is 3.82. The smallest absolute Gasteiger partial charge is 0.234 e. The van der Waals surface area contributed by atoms with Crippen LogP contribution >= 0.6 is 27.7 Å². The number of nitrogens with zero attached hydrogens (tertiary/aromatic N) is 3. The maximum Gasteiger partial charge on any atom is 0.234 e. The van der Waals surface area contributed by atoms with Gasteiger partial charge in [0.05, 0.1) is 25.1 Å². The molecular weight excluding hydrogens is 514 g/mol. The first-order chi connectivity index (χ1) is 16.5. The van der Waals surface area contributed by atoms with Gasteiger partial charge in [-0.1, -0.05) is 41.6 Å². The van der Waals surface area contributed by atoms with E-state index in [4.69, 9.17) is 4.74 Å². The quantitative estimate of drug-likeness (QED) is 0.267. The summed E-state index contributed by atoms with van der Waals surface area (Å²) in [5.74, 6) is 1.57. The molecule has 1 aromatic heterocycles. The van der Waals surface area contributed by atoms with Gasteiger partial charge < -0.3 is 15.4 Å². The number of rotatable bonds is 9. The van der Waals surface area contributed by atoms with Gasteiger partial charge in [0.1, 0.15) is 5.75 Å². The standard InChI is InChI=1S/C25H24BrN5O2S/c1-17-7-9-18(10-8-17)27-15-23-29-30-25(31(23)19-11-13-20(33-2)14-12-19)34-16-24(32)28-22-6-4-3-5-21(22)26/h3-14,27H,15-16H2,1-2H3,(H,28,32). The predicted octanol–water partition coefficient (Wildman–Crippen LogP) is 5.69. The number of hydrogen-bond donors (Lipinski definition) is 2. The number of anilines is 2. The number of amides is 1. The second kappa shape index (κ2) is 11.2. The number of carbonyl (C=O) groups excluding carboxylic acids is 1. The van der Waals surface area contributed by atoms with E-state index in [0.717, 1.165) is 33.1 Å². The Kier molecular flexibility index (Phi) is 7.87. The number of hydrogen-bond acceptors (Lipinski definition) is 6. The van der Waals surface area contributed by atoms with Crippen molar-refractivity contribution >= 4 is 45.0 Å². The third-order valence-electron chi connectivity index (χ3n) is 5.01. The van der Waals surface area contributed by atoms with Crippen molar-refractivity contribution in [2.75, 3.05) is 23.5 Å². The highest BCUT2D eigenvalue weighted by molar-refractivity contribution is 9.10. The van der Waals surface area contributed by atoms with E-state index in [1.54, 1.807) is 7.11 Å². The lowest BCUT2D eigenvalue weighted by Crippen LogP contribution is -2.15. The van der Waals surface area contributed by atoms with Gasteiger partial charge in [-0.3, -0.25) is 9.36 Å². The summed E-state index contributed by atoms with van der Waals surface area (Å²) >= 11 is 4.79. The number of aromatic nitrogens is 3. The number of methoxy groups -OCH3 is 1. The van der Waals surface area contributed by atoms with Crippen molar-refractivity contribution in [2.45, 2.75) is 18.6 Å². The van der Waals surface area contributed by atoms with Crippen molar-refractivity contribution in [1.82, 2.24) is 14.8 Å². The maximum atomic E-state index is 12.6. The molecule has 0 fully saturated rings. The Morgan fingerprint density at radius 2 is 1.76 bits per heavy atom. The number of carbonyl (C=O) groups is 1. The number of nitrogens with one attached hydrogen (secondary N) is 2. The van der Waals surface area contributed by atoms with Crippen molar-refractivity contribution in [3.05, 3.63) is 88.7 Å². The summed E-state index contributed by atoms with van der Waals surface area (Å²) in [5, 5.41) is 15.7. The van der Waals surface area contributed by atoms with Gasteiger partial charge in [0.25, 0.3) is 0 Å². The Hall–Kier alpha value is -3.30. The zero-order chi connectivity index (χ0) is 23.9. The monoisotopic (exact) mass is 537 g/mol. The van der Waals surface area contributed by atoms with Crippen LogP contribution in [0.2, 0.25) is 0 Å². The van der Waals surface area contributed by atoms with Crippen molar-refractivity contribution < 1.29 is 9.53 Å². The van der Waals surface area contributed by atoms with Crippen LogP contribution < -0.4 is 15.4 Å². The second-order valence-electron chi connectivity index (χ2n) is 7.47. The lowest BCUT2D eigenvalue weighted by Gasteiger charge is -2.12. The highest BCUT2D eigenvalue weighted by Crippen LogP contribution is 2.26. The number of ether oxygens (including phenoxy) is 1. The number of halogens is 1. The summed E-state index contributed by atoms with van der Waals surface area (Å²) in [6.07, 6.45) is 0. The maximum absolute atomic E-state index is 12.6. The van der Waals surface area contributed by atoms with Crippen LogP contribution in [0.3, 0.4) is 0 Å². The van der Waals surface area contributed by atoms with Gasteiger partial charge >= 0.3 is 0 Å². The summed E-state index contributed by atoms with van der Waals surface area (Å²) in [7, 11) is 1.63. The van der Waals surface area contributed by atoms with E-state index < -0.39 is 0 Å². The van der Waals surface area contributed by atoms with Gasteiger partial charge in [-0.25, -0.2) is 0 Å². The average Bonchev–Trinajstić information content (AvgIpc) is 3.26. The molecule has 0 radical (unpaired) electrons. The molecule has 174 valence electrons. The first kappa shape index (κ1) is 23.8. The third-order valence-corrected chi connectivity index (χ3v) is 6.63. The molecule has 0 aliphatic rings. The van der Waals surface area contributed by atoms with Crippen LogP contribution in [0.4, 0.5) is 11.4 Å². The zero-order valence-corrected chi connectivity index (χ0v) is 21.2. The van der Waals surface area contributed by atoms with Gasteiger partial charge in [0.15, 0.2) is 11.0 Å². The molecule has 0 aliphatic heterocycles. The van der Waals surface area contributed by atoms with Gasteiger partial charge in [-0.15, -0.1) is 10.2 Å². The number of benzene rings is 3. The SMILES string of the molecule is COc1ccc(-n2c(CNc3ccc(C)cc3)nnc2SCC(=O)Nc2ccccc2Br)cc1. The Balaban J connectivity index is 1.52. The molecule has 4 rings (SSSR count). The Morgan fingerprint density at radius 1 is 1.03 bits per heavy atom. The minimum Gasteiger partial charge on any atom is -0.497 e. The van der Waals surface area contributed by atoms with Crippen LogP contribution in [0, 0.1) is 6.92 Å². The van der Waals surface area contributed by atoms with E-state index in [1.165, 1.54) is 17.3 Å². The summed E-state index contributed by atoms with van der Waals surface area (Å²) in [6, 6.07) is 23.4. The fourth-order valence-corrected chi connectivity index (χ4v) is 4.39. The first-order valence-corrected chi connectivity index (χ1v) is 12.4. The van der Waals surface area contributed by atoms with Gasteiger partial charge in [-0.05, 0) is 71.4 Å². The van der Waals surface area contributed by atoms with Crippen molar-refractivity contribution in [3.8, 4) is 11.4 Å². The zero-order valence-electron chi connectivity index (χ0n) is 18.8. The molecule has 0 unspecified atom stereocenters. The summed E-state index contributed by atoms with van der Waals surface area (Å²) in [6.45, 7) is 2.53. The largest absolute Gasteiger partial charge is 0.497 e. The van der Waals surface area contributed by atoms with Crippen LogP contribution in [0.15, 0.2) is 82.4 Å². The second-order valence-corrected chi connectivity index (χ2v) is 9.27. The van der Waals surface area contributed by atoms with Crippen LogP contribution in [0.5, 0.6) is 5.75 Å². The summed E-state index contributed by atoms with van der Waals surface area (Å²) < 4.78 is 8.08. The van der Waals surface area contributed by atoms with E-state index in [2.05, 4.69) is 55.8 Å². The molecule has 34 heavy (non-hydrogen) atoms. The number of para-hydroxylation sites is 1. The van der Waals surface area contributed by atoms with Crippen LogP contribution in [0.1, 0.15) is 11.4 Å². The Morgan fingerprint density at radius 3 is 2.47 bits per heavy atom. The average molecular weight is 538 g/mol.